The normalized spacial score (nSPS) is 36.0. The molecule has 1 unspecified atom stereocenters. The third-order valence-corrected chi connectivity index (χ3v) is 7.34. The van der Waals surface area contributed by atoms with Gasteiger partial charge < -0.3 is 9.47 Å². The Balaban J connectivity index is 1.65. The number of carbonyl (C=O) groups excluding carboxylic acids is 2. The molecule has 4 aliphatic rings. The fraction of sp³-hybridized carbons (Fsp3) is 0.909. The first kappa shape index (κ1) is 19.7. The lowest BCUT2D eigenvalue weighted by Gasteiger charge is -2.60. The maximum Gasteiger partial charge on any atom is 0.344 e. The first-order valence-corrected chi connectivity index (χ1v) is 10.9. The Kier molecular flexibility index (Phi) is 6.29. The maximum absolute atomic E-state index is 12.6. The fourth-order valence-corrected chi connectivity index (χ4v) is 5.94. The van der Waals surface area contributed by atoms with Crippen molar-refractivity contribution in [3.63, 3.8) is 0 Å². The van der Waals surface area contributed by atoms with Gasteiger partial charge in [-0.2, -0.15) is 0 Å². The molecule has 0 aliphatic heterocycles. The van der Waals surface area contributed by atoms with E-state index in [0.29, 0.717) is 11.8 Å². The number of hydrogen-bond acceptors (Lipinski definition) is 4. The van der Waals surface area contributed by atoms with Crippen molar-refractivity contribution in [1.82, 2.24) is 0 Å². The van der Waals surface area contributed by atoms with Gasteiger partial charge in [0.1, 0.15) is 5.60 Å². The molecule has 26 heavy (non-hydrogen) atoms. The predicted octanol–water partition coefficient (Wildman–Crippen LogP) is 4.89. The monoisotopic (exact) mass is 364 g/mol. The van der Waals surface area contributed by atoms with Crippen LogP contribution in [0, 0.1) is 29.6 Å². The molecule has 0 spiro atoms. The molecule has 1 atom stereocenters. The Labute approximate surface area is 158 Å². The van der Waals surface area contributed by atoms with Crippen LogP contribution in [0.2, 0.25) is 0 Å². The van der Waals surface area contributed by atoms with Crippen molar-refractivity contribution in [2.24, 2.45) is 29.6 Å². The Bertz CT molecular complexity index is 484. The van der Waals surface area contributed by atoms with Gasteiger partial charge in [0.2, 0.25) is 0 Å². The summed E-state index contributed by atoms with van der Waals surface area (Å²) >= 11 is 0. The molecule has 4 nitrogen and oxygen atoms in total. The van der Waals surface area contributed by atoms with Gasteiger partial charge in [0.25, 0.3) is 0 Å². The Morgan fingerprint density at radius 3 is 2.15 bits per heavy atom. The van der Waals surface area contributed by atoms with Crippen molar-refractivity contribution in [3.8, 4) is 0 Å². The third-order valence-electron chi connectivity index (χ3n) is 7.34. The second-order valence-corrected chi connectivity index (χ2v) is 9.11. The molecule has 148 valence electrons. The SMILES string of the molecule is CCCCCC1(OC(=O)COC(=O)C(C)CC)C2CC3CC(C2)CC1C3. The number of hydrogen-bond donors (Lipinski definition) is 0. The summed E-state index contributed by atoms with van der Waals surface area (Å²) in [6.07, 6.45) is 11.5. The zero-order valence-electron chi connectivity index (χ0n) is 16.8. The van der Waals surface area contributed by atoms with Crippen LogP contribution in [-0.4, -0.2) is 24.1 Å². The second-order valence-electron chi connectivity index (χ2n) is 9.11. The number of esters is 2. The largest absolute Gasteiger partial charge is 0.456 e. The van der Waals surface area contributed by atoms with Gasteiger partial charge in [0.15, 0.2) is 6.61 Å². The molecule has 4 saturated carbocycles. The molecule has 4 heteroatoms. The first-order valence-electron chi connectivity index (χ1n) is 10.9. The van der Waals surface area contributed by atoms with Gasteiger partial charge >= 0.3 is 11.9 Å². The van der Waals surface area contributed by atoms with Gasteiger partial charge in [-0.1, -0.05) is 33.6 Å². The average Bonchev–Trinajstić information content (AvgIpc) is 2.62. The number of unbranched alkanes of at least 4 members (excludes halogenated alkanes) is 2. The molecular weight excluding hydrogens is 328 g/mol. The molecule has 0 aromatic rings. The highest BCUT2D eigenvalue weighted by Gasteiger charge is 2.59. The van der Waals surface area contributed by atoms with Crippen LogP contribution in [0.1, 0.15) is 85.0 Å². The van der Waals surface area contributed by atoms with Gasteiger partial charge in [0, 0.05) is 0 Å². The number of ether oxygens (including phenoxy) is 2. The van der Waals surface area contributed by atoms with Crippen molar-refractivity contribution in [2.75, 3.05) is 6.61 Å². The van der Waals surface area contributed by atoms with E-state index in [2.05, 4.69) is 6.92 Å². The van der Waals surface area contributed by atoms with Crippen LogP contribution in [0.4, 0.5) is 0 Å². The molecule has 0 amide bonds. The average molecular weight is 365 g/mol. The maximum atomic E-state index is 12.6. The van der Waals surface area contributed by atoms with Gasteiger partial charge in [-0.3, -0.25) is 4.79 Å². The van der Waals surface area contributed by atoms with E-state index in [4.69, 9.17) is 9.47 Å². The summed E-state index contributed by atoms with van der Waals surface area (Å²) in [5, 5.41) is 0. The number of rotatable bonds is 9. The van der Waals surface area contributed by atoms with Crippen LogP contribution in [-0.2, 0) is 19.1 Å². The minimum Gasteiger partial charge on any atom is -0.456 e. The smallest absolute Gasteiger partial charge is 0.344 e. The highest BCUT2D eigenvalue weighted by Crippen LogP contribution is 2.61. The lowest BCUT2D eigenvalue weighted by atomic mass is 9.49. The van der Waals surface area contributed by atoms with E-state index < -0.39 is 0 Å². The van der Waals surface area contributed by atoms with Crippen LogP contribution in [0.25, 0.3) is 0 Å². The van der Waals surface area contributed by atoms with Crippen molar-refractivity contribution < 1.29 is 19.1 Å². The summed E-state index contributed by atoms with van der Waals surface area (Å²) in [4.78, 5) is 24.5. The minimum absolute atomic E-state index is 0.164. The Hall–Kier alpha value is -1.06. The van der Waals surface area contributed by atoms with E-state index in [9.17, 15) is 9.59 Å². The Morgan fingerprint density at radius 2 is 1.62 bits per heavy atom. The highest BCUT2D eigenvalue weighted by atomic mass is 16.6. The zero-order valence-corrected chi connectivity index (χ0v) is 16.8. The molecule has 0 aromatic carbocycles. The quantitative estimate of drug-likeness (QED) is 0.431. The van der Waals surface area contributed by atoms with Crippen LogP contribution < -0.4 is 0 Å². The van der Waals surface area contributed by atoms with E-state index in [-0.39, 0.29) is 30.1 Å². The lowest BCUT2D eigenvalue weighted by Crippen LogP contribution is -2.59. The Morgan fingerprint density at radius 1 is 1.00 bits per heavy atom. The highest BCUT2D eigenvalue weighted by molar-refractivity contribution is 5.77. The van der Waals surface area contributed by atoms with Gasteiger partial charge in [-0.25, -0.2) is 4.79 Å². The molecule has 0 aromatic heterocycles. The molecular formula is C22H36O4. The van der Waals surface area contributed by atoms with Gasteiger partial charge in [-0.05, 0) is 75.0 Å². The molecule has 4 rings (SSSR count). The van der Waals surface area contributed by atoms with E-state index >= 15 is 0 Å². The summed E-state index contributed by atoms with van der Waals surface area (Å²) in [5.74, 6) is 1.93. The third kappa shape index (κ3) is 3.94. The van der Waals surface area contributed by atoms with E-state index in [1.54, 1.807) is 0 Å². The van der Waals surface area contributed by atoms with Crippen LogP contribution in [0.15, 0.2) is 0 Å². The van der Waals surface area contributed by atoms with Gasteiger partial charge in [0.05, 0.1) is 5.92 Å². The second kappa shape index (κ2) is 8.31. The molecule has 4 aliphatic carbocycles. The first-order chi connectivity index (χ1) is 12.5. The molecule has 0 N–H and O–H groups in total. The van der Waals surface area contributed by atoms with E-state index in [0.717, 1.165) is 31.1 Å². The zero-order chi connectivity index (χ0) is 18.7. The molecule has 4 bridgehead atoms. The summed E-state index contributed by atoms with van der Waals surface area (Å²) < 4.78 is 11.4. The summed E-state index contributed by atoms with van der Waals surface area (Å²) in [7, 11) is 0. The summed E-state index contributed by atoms with van der Waals surface area (Å²) in [6, 6.07) is 0. The fourth-order valence-electron chi connectivity index (χ4n) is 5.94. The lowest BCUT2D eigenvalue weighted by molar-refractivity contribution is -0.216. The minimum atomic E-state index is -0.342. The molecule has 4 fully saturated rings. The van der Waals surface area contributed by atoms with E-state index in [1.807, 2.05) is 13.8 Å². The van der Waals surface area contributed by atoms with Crippen molar-refractivity contribution in [1.29, 1.82) is 0 Å². The molecule has 0 heterocycles. The predicted molar refractivity (Wildman–Crippen MR) is 100 cm³/mol. The molecule has 0 saturated heterocycles. The van der Waals surface area contributed by atoms with Crippen molar-refractivity contribution in [2.45, 2.75) is 90.6 Å². The number of carbonyl (C=O) groups is 2. The topological polar surface area (TPSA) is 52.6 Å². The van der Waals surface area contributed by atoms with Crippen molar-refractivity contribution in [3.05, 3.63) is 0 Å². The standard InChI is InChI=1S/C22H36O4/c1-4-6-7-8-22(26-20(23)14-25-21(24)15(3)5-2)18-10-16-9-17(12-18)13-19(22)11-16/h15-19H,4-14H2,1-3H3. The van der Waals surface area contributed by atoms with Crippen LogP contribution in [0.5, 0.6) is 0 Å². The van der Waals surface area contributed by atoms with Gasteiger partial charge in [-0.15, -0.1) is 0 Å². The summed E-state index contributed by atoms with van der Waals surface area (Å²) in [5.41, 5.74) is -0.289. The van der Waals surface area contributed by atoms with Crippen LogP contribution >= 0.6 is 0 Å². The molecule has 0 radical (unpaired) electrons. The van der Waals surface area contributed by atoms with Crippen LogP contribution in [0.3, 0.4) is 0 Å². The summed E-state index contributed by atoms with van der Waals surface area (Å²) in [6.45, 7) is 5.76. The van der Waals surface area contributed by atoms with E-state index in [1.165, 1.54) is 44.9 Å². The van der Waals surface area contributed by atoms with Crippen molar-refractivity contribution >= 4 is 11.9 Å².